The normalized spacial score (nSPS) is 15.3. The van der Waals surface area contributed by atoms with Crippen LogP contribution in [0.3, 0.4) is 0 Å². The summed E-state index contributed by atoms with van der Waals surface area (Å²) in [6.07, 6.45) is 4.46. The Bertz CT molecular complexity index is 908. The zero-order valence-corrected chi connectivity index (χ0v) is 22.4. The molecule has 0 heterocycles. The number of aliphatic imine (C=N–C) groups is 2. The number of hydrogen-bond acceptors (Lipinski definition) is 4. The van der Waals surface area contributed by atoms with Gasteiger partial charge >= 0.3 is 5.97 Å². The molecule has 0 atom stereocenters. The quantitative estimate of drug-likeness (QED) is 0.251. The van der Waals surface area contributed by atoms with Crippen LogP contribution in [0, 0.1) is 41.0 Å². The Morgan fingerprint density at radius 2 is 1.21 bits per heavy atom. The van der Waals surface area contributed by atoms with Crippen LogP contribution in [-0.4, -0.2) is 24.5 Å². The van der Waals surface area contributed by atoms with Crippen molar-refractivity contribution in [1.29, 1.82) is 0 Å². The predicted octanol–water partition coefficient (Wildman–Crippen LogP) is 7.60. The second-order valence-electron chi connectivity index (χ2n) is 8.58. The number of nitrogens with zero attached hydrogens (tertiary/aromatic N) is 2. The van der Waals surface area contributed by atoms with Crippen molar-refractivity contribution in [3.8, 4) is 0 Å². The third-order valence-electron chi connectivity index (χ3n) is 5.32. The van der Waals surface area contributed by atoms with Gasteiger partial charge in [0.1, 0.15) is 0 Å². The van der Waals surface area contributed by atoms with Gasteiger partial charge in [-0.2, -0.15) is 0 Å². The molecular formula is C28H39N2NiO2-. The van der Waals surface area contributed by atoms with Crippen LogP contribution < -0.4 is 0 Å². The van der Waals surface area contributed by atoms with Gasteiger partial charge in [-0.1, -0.05) is 38.1 Å². The van der Waals surface area contributed by atoms with Gasteiger partial charge in [0.2, 0.25) is 0 Å². The van der Waals surface area contributed by atoms with E-state index >= 15 is 0 Å². The van der Waals surface area contributed by atoms with Crippen molar-refractivity contribution >= 4 is 28.8 Å². The minimum absolute atomic E-state index is 0. The molecule has 0 unspecified atom stereocenters. The SMILES string of the molecule is COC(=O)C(C)C.Cc1ccc(C)c(N=C2CCCCC2=Nc2cc(C)ccc2C)c1.[CH3-].[Ni]. The Kier molecular flexibility index (Phi) is 13.8. The van der Waals surface area contributed by atoms with E-state index in [4.69, 9.17) is 9.98 Å². The van der Waals surface area contributed by atoms with E-state index in [0.717, 1.165) is 35.6 Å². The van der Waals surface area contributed by atoms with Crippen LogP contribution in [-0.2, 0) is 26.0 Å². The molecule has 0 radical (unpaired) electrons. The maximum absolute atomic E-state index is 10.3. The summed E-state index contributed by atoms with van der Waals surface area (Å²) in [7, 11) is 1.39. The van der Waals surface area contributed by atoms with Crippen LogP contribution >= 0.6 is 0 Å². The zero-order chi connectivity index (χ0) is 23.0. The van der Waals surface area contributed by atoms with Crippen molar-refractivity contribution in [2.75, 3.05) is 7.11 Å². The third-order valence-corrected chi connectivity index (χ3v) is 5.32. The van der Waals surface area contributed by atoms with E-state index in [2.05, 4.69) is 68.8 Å². The number of esters is 1. The van der Waals surface area contributed by atoms with Crippen LogP contribution in [0.2, 0.25) is 0 Å². The Morgan fingerprint density at radius 3 is 1.52 bits per heavy atom. The molecule has 1 saturated carbocycles. The molecule has 1 aliphatic rings. The molecule has 0 bridgehead atoms. The van der Waals surface area contributed by atoms with Crippen LogP contribution in [0.25, 0.3) is 0 Å². The molecule has 0 spiro atoms. The summed E-state index contributed by atoms with van der Waals surface area (Å²) < 4.78 is 4.37. The van der Waals surface area contributed by atoms with E-state index in [-0.39, 0.29) is 35.8 Å². The summed E-state index contributed by atoms with van der Waals surface area (Å²) in [5.74, 6) is -0.148. The van der Waals surface area contributed by atoms with Crippen molar-refractivity contribution < 1.29 is 26.0 Å². The van der Waals surface area contributed by atoms with Gasteiger partial charge in [0.25, 0.3) is 0 Å². The van der Waals surface area contributed by atoms with Crippen molar-refractivity contribution in [3.63, 3.8) is 0 Å². The summed E-state index contributed by atoms with van der Waals surface area (Å²) >= 11 is 0. The van der Waals surface area contributed by atoms with Crippen molar-refractivity contribution in [1.82, 2.24) is 0 Å². The molecular weight excluding hydrogens is 455 g/mol. The van der Waals surface area contributed by atoms with Gasteiger partial charge in [0, 0.05) is 16.5 Å². The number of aryl methyl sites for hydroxylation is 4. The zero-order valence-electron chi connectivity index (χ0n) is 21.4. The van der Waals surface area contributed by atoms with Crippen molar-refractivity contribution in [2.45, 2.75) is 67.2 Å². The minimum atomic E-state index is -0.153. The number of benzene rings is 2. The Labute approximate surface area is 210 Å². The number of hydrogen-bond donors (Lipinski definition) is 0. The minimum Gasteiger partial charge on any atom is -0.469 e. The molecule has 2 aromatic carbocycles. The van der Waals surface area contributed by atoms with Crippen molar-refractivity contribution in [2.24, 2.45) is 15.9 Å². The molecule has 33 heavy (non-hydrogen) atoms. The molecule has 2 aromatic rings. The average molecular weight is 494 g/mol. The van der Waals surface area contributed by atoms with Crippen molar-refractivity contribution in [3.05, 3.63) is 66.1 Å². The molecule has 3 rings (SSSR count). The number of ether oxygens (including phenoxy) is 1. The maximum Gasteiger partial charge on any atom is 0.308 e. The van der Waals surface area contributed by atoms with E-state index in [0.29, 0.717) is 0 Å². The first-order valence-corrected chi connectivity index (χ1v) is 11.1. The first kappa shape index (κ1) is 30.7. The number of carbonyl (C=O) groups is 1. The summed E-state index contributed by atoms with van der Waals surface area (Å²) in [4.78, 5) is 20.3. The number of rotatable bonds is 3. The van der Waals surface area contributed by atoms with E-state index in [1.54, 1.807) is 13.8 Å². The summed E-state index contributed by atoms with van der Waals surface area (Å²) in [5.41, 5.74) is 9.45. The molecule has 1 fully saturated rings. The van der Waals surface area contributed by atoms with E-state index in [1.165, 1.54) is 42.2 Å². The molecule has 0 N–H and O–H groups in total. The first-order chi connectivity index (χ1) is 14.7. The topological polar surface area (TPSA) is 51.0 Å². The molecule has 0 saturated heterocycles. The summed E-state index contributed by atoms with van der Waals surface area (Å²) in [6.45, 7) is 12.1. The molecule has 0 aromatic heterocycles. The fourth-order valence-electron chi connectivity index (χ4n) is 3.32. The standard InChI is InChI=1S/C22H26N2.C5H10O2.CH3.Ni/c1-15-9-11-17(3)21(13-15)23-19-7-5-6-8-20(19)24-22-14-16(2)10-12-18(22)4;1-4(2)5(6)7-3;;/h9-14H,5-8H2,1-4H3;4H,1-3H3;1H3;/q;;-1;. The molecule has 4 nitrogen and oxygen atoms in total. The molecule has 0 aliphatic heterocycles. The first-order valence-electron chi connectivity index (χ1n) is 11.1. The van der Waals surface area contributed by atoms with E-state index < -0.39 is 0 Å². The van der Waals surface area contributed by atoms with Gasteiger partial charge < -0.3 is 12.2 Å². The van der Waals surface area contributed by atoms with Gasteiger partial charge in [-0.25, -0.2) is 0 Å². The van der Waals surface area contributed by atoms with E-state index in [1.807, 2.05) is 0 Å². The van der Waals surface area contributed by atoms with Gasteiger partial charge in [-0.3, -0.25) is 14.8 Å². The van der Waals surface area contributed by atoms with Crippen LogP contribution in [0.15, 0.2) is 46.4 Å². The summed E-state index contributed by atoms with van der Waals surface area (Å²) in [6, 6.07) is 12.9. The fourth-order valence-corrected chi connectivity index (χ4v) is 3.32. The Hall–Kier alpha value is -2.26. The van der Waals surface area contributed by atoms with E-state index in [9.17, 15) is 4.79 Å². The monoisotopic (exact) mass is 493 g/mol. The Balaban J connectivity index is 0.000000998. The number of carbonyl (C=O) groups excluding carboxylic acids is 1. The smallest absolute Gasteiger partial charge is 0.308 e. The summed E-state index contributed by atoms with van der Waals surface area (Å²) in [5, 5.41) is 0. The largest absolute Gasteiger partial charge is 0.469 e. The second kappa shape index (κ2) is 14.8. The number of methoxy groups -OCH3 is 1. The predicted molar refractivity (Wildman–Crippen MR) is 138 cm³/mol. The van der Waals surface area contributed by atoms with Crippen LogP contribution in [0.4, 0.5) is 11.4 Å². The fraction of sp³-hybridized carbons (Fsp3) is 0.429. The molecule has 184 valence electrons. The molecule has 5 heteroatoms. The maximum atomic E-state index is 10.3. The Morgan fingerprint density at radius 1 is 0.818 bits per heavy atom. The van der Waals surface area contributed by atoms with Gasteiger partial charge in [0.15, 0.2) is 0 Å². The average Bonchev–Trinajstić information content (AvgIpc) is 2.74. The van der Waals surface area contributed by atoms with Crippen LogP contribution in [0.1, 0.15) is 61.8 Å². The molecule has 1 aliphatic carbocycles. The molecule has 0 amide bonds. The van der Waals surface area contributed by atoms with Gasteiger partial charge in [-0.15, -0.1) is 0 Å². The second-order valence-corrected chi connectivity index (χ2v) is 8.58. The third kappa shape index (κ3) is 9.64. The van der Waals surface area contributed by atoms with Gasteiger partial charge in [-0.05, 0) is 87.8 Å². The van der Waals surface area contributed by atoms with Gasteiger partial charge in [0.05, 0.1) is 35.8 Å². The van der Waals surface area contributed by atoms with Crippen LogP contribution in [0.5, 0.6) is 0 Å².